The molecule has 0 spiro atoms. The van der Waals surface area contributed by atoms with Crippen molar-refractivity contribution in [2.75, 3.05) is 9.96 Å². The number of hydroxylamine groups is 1. The van der Waals surface area contributed by atoms with Crippen LogP contribution in [0.15, 0.2) is 78.9 Å². The van der Waals surface area contributed by atoms with Gasteiger partial charge in [-0.2, -0.15) is 0 Å². The minimum absolute atomic E-state index is 0.0389. The lowest BCUT2D eigenvalue weighted by Crippen LogP contribution is -2.41. The van der Waals surface area contributed by atoms with E-state index in [4.69, 9.17) is 4.84 Å². The molecular formula is C24H19N3O6. The summed E-state index contributed by atoms with van der Waals surface area (Å²) in [5.74, 6) is -1.23. The third kappa shape index (κ3) is 2.97. The molecule has 3 aromatic rings. The van der Waals surface area contributed by atoms with Crippen LogP contribution in [-0.4, -0.2) is 27.9 Å². The van der Waals surface area contributed by atoms with Crippen molar-refractivity contribution < 1.29 is 24.5 Å². The lowest BCUT2D eigenvalue weighted by Gasteiger charge is -2.33. The van der Waals surface area contributed by atoms with E-state index in [1.54, 1.807) is 49.4 Å². The van der Waals surface area contributed by atoms with E-state index in [1.165, 1.54) is 35.4 Å². The molecule has 0 radical (unpaired) electrons. The average molecular weight is 445 g/mol. The number of carbonyl (C=O) groups excluding carboxylic acids is 2. The van der Waals surface area contributed by atoms with E-state index in [-0.39, 0.29) is 17.1 Å². The van der Waals surface area contributed by atoms with Gasteiger partial charge in [0.25, 0.3) is 11.6 Å². The Balaban J connectivity index is 1.65. The highest BCUT2D eigenvalue weighted by atomic mass is 16.7. The maximum Gasteiger partial charge on any atom is 0.271 e. The molecule has 0 aromatic heterocycles. The average Bonchev–Trinajstić information content (AvgIpc) is 3.23. The van der Waals surface area contributed by atoms with E-state index in [1.807, 2.05) is 6.07 Å². The fraction of sp³-hybridized carbons (Fsp3) is 0.167. The SMILES string of the molecule is CC12C(=O)N(c3cccc([N+](=O)[O-])c3)C(=O)C1ON(c1ccccc1)C2c1ccccc1O. The number of phenols is 1. The number of rotatable bonds is 4. The molecule has 3 unspecified atom stereocenters. The number of imide groups is 1. The first kappa shape index (κ1) is 20.7. The minimum Gasteiger partial charge on any atom is -0.508 e. The number of non-ortho nitro benzene ring substituents is 1. The summed E-state index contributed by atoms with van der Waals surface area (Å²) >= 11 is 0. The molecule has 2 aliphatic rings. The number of amides is 2. The lowest BCUT2D eigenvalue weighted by molar-refractivity contribution is -0.384. The number of nitro groups is 1. The van der Waals surface area contributed by atoms with Crippen LogP contribution in [0.4, 0.5) is 17.1 Å². The van der Waals surface area contributed by atoms with Crippen molar-refractivity contribution in [2.24, 2.45) is 5.41 Å². The molecule has 5 rings (SSSR count). The minimum atomic E-state index is -1.41. The quantitative estimate of drug-likeness (QED) is 0.370. The maximum atomic E-state index is 13.8. The zero-order chi connectivity index (χ0) is 23.3. The molecule has 0 bridgehead atoms. The summed E-state index contributed by atoms with van der Waals surface area (Å²) in [7, 11) is 0. The molecule has 2 aliphatic heterocycles. The van der Waals surface area contributed by atoms with E-state index in [9.17, 15) is 24.8 Å². The van der Waals surface area contributed by atoms with E-state index in [2.05, 4.69) is 0 Å². The second-order valence-corrected chi connectivity index (χ2v) is 8.15. The van der Waals surface area contributed by atoms with Crippen molar-refractivity contribution in [3.05, 3.63) is 94.5 Å². The monoisotopic (exact) mass is 445 g/mol. The fourth-order valence-electron chi connectivity index (χ4n) is 4.60. The van der Waals surface area contributed by atoms with E-state index in [0.717, 1.165) is 4.90 Å². The zero-order valence-corrected chi connectivity index (χ0v) is 17.5. The normalized spacial score (nSPS) is 24.3. The van der Waals surface area contributed by atoms with Gasteiger partial charge >= 0.3 is 0 Å². The predicted octanol–water partition coefficient (Wildman–Crippen LogP) is 3.74. The molecule has 3 atom stereocenters. The van der Waals surface area contributed by atoms with Crippen molar-refractivity contribution in [3.63, 3.8) is 0 Å². The van der Waals surface area contributed by atoms with Gasteiger partial charge < -0.3 is 5.11 Å². The van der Waals surface area contributed by atoms with Gasteiger partial charge in [-0.3, -0.25) is 24.5 Å². The van der Waals surface area contributed by atoms with Crippen molar-refractivity contribution in [1.29, 1.82) is 0 Å². The first-order valence-electron chi connectivity index (χ1n) is 10.3. The number of carbonyl (C=O) groups is 2. The Bertz CT molecular complexity index is 1280. The third-order valence-electron chi connectivity index (χ3n) is 6.22. The molecule has 166 valence electrons. The summed E-state index contributed by atoms with van der Waals surface area (Å²) in [6, 6.07) is 20.1. The highest BCUT2D eigenvalue weighted by Gasteiger charge is 2.69. The van der Waals surface area contributed by atoms with Gasteiger partial charge in [-0.25, -0.2) is 9.96 Å². The van der Waals surface area contributed by atoms with Crippen LogP contribution in [0.3, 0.4) is 0 Å². The number of nitrogens with zero attached hydrogens (tertiary/aromatic N) is 3. The van der Waals surface area contributed by atoms with Gasteiger partial charge in [0.1, 0.15) is 17.2 Å². The highest BCUT2D eigenvalue weighted by molar-refractivity contribution is 6.25. The van der Waals surface area contributed by atoms with Crippen molar-refractivity contribution in [3.8, 4) is 5.75 Å². The molecule has 3 aromatic carbocycles. The number of para-hydroxylation sites is 2. The number of aromatic hydroxyl groups is 1. The van der Waals surface area contributed by atoms with Crippen LogP contribution in [-0.2, 0) is 14.4 Å². The summed E-state index contributed by atoms with van der Waals surface area (Å²) in [6.07, 6.45) is -1.19. The number of fused-ring (bicyclic) bond motifs is 1. The summed E-state index contributed by atoms with van der Waals surface area (Å²) in [5, 5.41) is 23.3. The first-order chi connectivity index (χ1) is 15.8. The zero-order valence-electron chi connectivity index (χ0n) is 17.5. The topological polar surface area (TPSA) is 113 Å². The largest absolute Gasteiger partial charge is 0.508 e. The number of hydrogen-bond acceptors (Lipinski definition) is 7. The Morgan fingerprint density at radius 1 is 0.970 bits per heavy atom. The lowest BCUT2D eigenvalue weighted by atomic mass is 9.76. The molecule has 0 saturated carbocycles. The van der Waals surface area contributed by atoms with E-state index in [0.29, 0.717) is 11.3 Å². The van der Waals surface area contributed by atoms with E-state index < -0.39 is 34.3 Å². The third-order valence-corrected chi connectivity index (χ3v) is 6.22. The van der Waals surface area contributed by atoms with Crippen molar-refractivity contribution in [1.82, 2.24) is 0 Å². The van der Waals surface area contributed by atoms with Crippen molar-refractivity contribution >= 4 is 28.9 Å². The van der Waals surface area contributed by atoms with Gasteiger partial charge in [0.05, 0.1) is 16.3 Å². The predicted molar refractivity (Wildman–Crippen MR) is 118 cm³/mol. The van der Waals surface area contributed by atoms with Gasteiger partial charge in [-0.15, -0.1) is 0 Å². The van der Waals surface area contributed by atoms with Gasteiger partial charge in [0, 0.05) is 17.7 Å². The maximum absolute atomic E-state index is 13.8. The van der Waals surface area contributed by atoms with Crippen LogP contribution >= 0.6 is 0 Å². The summed E-state index contributed by atoms with van der Waals surface area (Å²) in [5.41, 5.74) is -0.506. The molecule has 33 heavy (non-hydrogen) atoms. The van der Waals surface area contributed by atoms with Crippen LogP contribution < -0.4 is 9.96 Å². The number of phenolic OH excluding ortho intramolecular Hbond substituents is 1. The number of hydrogen-bond donors (Lipinski definition) is 1. The Kier molecular flexibility index (Phi) is 4.64. The molecule has 9 heteroatoms. The summed E-state index contributed by atoms with van der Waals surface area (Å²) in [6.45, 7) is 1.62. The highest BCUT2D eigenvalue weighted by Crippen LogP contribution is 2.56. The fourth-order valence-corrected chi connectivity index (χ4v) is 4.60. The molecule has 9 nitrogen and oxygen atoms in total. The number of nitro benzene ring substituents is 1. The van der Waals surface area contributed by atoms with E-state index >= 15 is 0 Å². The Morgan fingerprint density at radius 3 is 2.33 bits per heavy atom. The van der Waals surface area contributed by atoms with Crippen molar-refractivity contribution in [2.45, 2.75) is 19.1 Å². The first-order valence-corrected chi connectivity index (χ1v) is 10.3. The van der Waals surface area contributed by atoms with Gasteiger partial charge in [0.2, 0.25) is 5.91 Å². The Labute approximate surface area is 188 Å². The number of anilines is 2. The molecule has 0 aliphatic carbocycles. The van der Waals surface area contributed by atoms with Gasteiger partial charge in [-0.1, -0.05) is 42.5 Å². The standard InChI is InChI=1S/C24H19N3O6/c1-24-20(18-12-5-6-13-19(18)28)26(15-8-3-2-4-9-15)33-21(24)22(29)25(23(24)30)16-10-7-11-17(14-16)27(31)32/h2-14,20-21,28H,1H3. The summed E-state index contributed by atoms with van der Waals surface area (Å²) in [4.78, 5) is 44.9. The molecular weight excluding hydrogens is 426 g/mol. The second-order valence-electron chi connectivity index (χ2n) is 8.15. The second kappa shape index (κ2) is 7.42. The van der Waals surface area contributed by atoms with Crippen LogP contribution in [0.5, 0.6) is 5.75 Å². The Morgan fingerprint density at radius 2 is 1.64 bits per heavy atom. The van der Waals surface area contributed by atoms with Gasteiger partial charge in [0.15, 0.2) is 6.10 Å². The Hall–Kier alpha value is -4.24. The molecule has 2 fully saturated rings. The summed E-state index contributed by atoms with van der Waals surface area (Å²) < 4.78 is 0. The number of benzene rings is 3. The molecule has 1 N–H and O–H groups in total. The smallest absolute Gasteiger partial charge is 0.271 e. The molecule has 2 amide bonds. The van der Waals surface area contributed by atoms with Gasteiger partial charge in [-0.05, 0) is 31.2 Å². The van der Waals surface area contributed by atoms with Crippen LogP contribution in [0.25, 0.3) is 0 Å². The molecule has 2 saturated heterocycles. The van der Waals surface area contributed by atoms with Crippen LogP contribution in [0, 0.1) is 15.5 Å². The van der Waals surface area contributed by atoms with Crippen LogP contribution in [0.1, 0.15) is 18.5 Å². The van der Waals surface area contributed by atoms with Crippen LogP contribution in [0.2, 0.25) is 0 Å². The molecule has 2 heterocycles.